The number of hydrogen-bond donors (Lipinski definition) is 1. The molecule has 3 atom stereocenters. The molecule has 1 aromatic rings. The number of hydrogen-bond acceptors (Lipinski definition) is 4. The predicted molar refractivity (Wildman–Crippen MR) is 87.9 cm³/mol. The fourth-order valence-electron chi connectivity index (χ4n) is 3.17. The Hall–Kier alpha value is -1.55. The largest absolute Gasteiger partial charge is 0.832 e. The summed E-state index contributed by atoms with van der Waals surface area (Å²) in [4.78, 5) is 4.55. The Morgan fingerprint density at radius 2 is 2.14 bits per heavy atom. The Balaban J connectivity index is 1.50. The summed E-state index contributed by atoms with van der Waals surface area (Å²) in [7, 11) is 1.62. The smallest absolute Gasteiger partial charge is 0.121 e. The Kier molecular flexibility index (Phi) is 4.67. The molecule has 0 saturated heterocycles. The minimum absolute atomic E-state index is 0.734. The minimum Gasteiger partial charge on any atom is -0.832 e. The van der Waals surface area contributed by atoms with E-state index in [0.29, 0.717) is 0 Å². The Labute approximate surface area is 132 Å². The number of benzene rings is 1. The van der Waals surface area contributed by atoms with Crippen LogP contribution in [0.2, 0.25) is 0 Å². The van der Waals surface area contributed by atoms with Crippen LogP contribution in [-0.4, -0.2) is 19.0 Å². The third kappa shape index (κ3) is 3.61. The molecule has 0 bridgehead atoms. The lowest BCUT2D eigenvalue weighted by Crippen LogP contribution is -2.43. The molecule has 1 fully saturated rings. The van der Waals surface area contributed by atoms with Gasteiger partial charge in [-0.25, -0.2) is 0 Å². The summed E-state index contributed by atoms with van der Waals surface area (Å²) in [5, 5.41) is 15.2. The van der Waals surface area contributed by atoms with Crippen LogP contribution < -0.4 is 15.2 Å². The molecule has 0 aromatic heterocycles. The second-order valence-corrected chi connectivity index (χ2v) is 6.58. The van der Waals surface area contributed by atoms with E-state index in [4.69, 9.17) is 4.74 Å². The molecule has 0 radical (unpaired) electrons. The highest BCUT2D eigenvalue weighted by molar-refractivity contribution is 5.96. The Morgan fingerprint density at radius 1 is 1.32 bits per heavy atom. The van der Waals surface area contributed by atoms with Gasteiger partial charge in [0.15, 0.2) is 0 Å². The summed E-state index contributed by atoms with van der Waals surface area (Å²) in [6.45, 7) is 2.33. The van der Waals surface area contributed by atoms with Crippen molar-refractivity contribution in [2.75, 3.05) is 12.4 Å². The summed E-state index contributed by atoms with van der Waals surface area (Å²) in [6, 6.07) is 5.61. The second kappa shape index (κ2) is 6.69. The van der Waals surface area contributed by atoms with E-state index in [9.17, 15) is 5.11 Å². The molecule has 3 rings (SSSR count). The Morgan fingerprint density at radius 3 is 2.86 bits per heavy atom. The van der Waals surface area contributed by atoms with E-state index in [1.54, 1.807) is 7.11 Å². The average molecular weight is 301 g/mol. The molecule has 2 unspecified atom stereocenters. The number of unbranched alkanes of at least 4 members (excludes halogenated alkanes) is 2. The third-order valence-corrected chi connectivity index (χ3v) is 4.84. The zero-order chi connectivity index (χ0) is 15.5. The molecule has 120 valence electrons. The first-order valence-corrected chi connectivity index (χ1v) is 8.35. The molecule has 0 spiro atoms. The van der Waals surface area contributed by atoms with Crippen molar-refractivity contribution >= 4 is 17.1 Å². The predicted octanol–water partition coefficient (Wildman–Crippen LogP) is 3.49. The highest BCUT2D eigenvalue weighted by atomic mass is 16.5. The van der Waals surface area contributed by atoms with Gasteiger partial charge < -0.3 is 15.2 Å². The van der Waals surface area contributed by atoms with Crippen molar-refractivity contribution in [3.05, 3.63) is 18.2 Å². The number of ether oxygens (including phenoxy) is 1. The maximum absolute atomic E-state index is 12.2. The van der Waals surface area contributed by atoms with Gasteiger partial charge in [0.2, 0.25) is 0 Å². The van der Waals surface area contributed by atoms with E-state index in [-0.39, 0.29) is 0 Å². The molecular weight excluding hydrogens is 276 g/mol. The van der Waals surface area contributed by atoms with Crippen molar-refractivity contribution in [1.82, 2.24) is 0 Å². The number of fused-ring (bicyclic) bond motifs is 1. The molecule has 4 heteroatoms. The van der Waals surface area contributed by atoms with Crippen LogP contribution in [0.4, 0.5) is 11.4 Å². The van der Waals surface area contributed by atoms with E-state index >= 15 is 0 Å². The lowest BCUT2D eigenvalue weighted by atomic mass is 10.0. The van der Waals surface area contributed by atoms with Crippen molar-refractivity contribution in [3.63, 3.8) is 0 Å². The first-order chi connectivity index (χ1) is 10.7. The molecule has 1 heterocycles. The van der Waals surface area contributed by atoms with E-state index in [1.807, 2.05) is 18.2 Å². The lowest BCUT2D eigenvalue weighted by molar-refractivity contribution is -0.386. The summed E-state index contributed by atoms with van der Waals surface area (Å²) in [5.74, 6) is 2.67. The summed E-state index contributed by atoms with van der Waals surface area (Å²) >= 11 is 0. The molecule has 1 aliphatic carbocycles. The maximum Gasteiger partial charge on any atom is 0.121 e. The van der Waals surface area contributed by atoms with Gasteiger partial charge in [-0.1, -0.05) is 26.2 Å². The van der Waals surface area contributed by atoms with Crippen molar-refractivity contribution < 1.29 is 9.84 Å². The van der Waals surface area contributed by atoms with Crippen LogP contribution in [0, 0.1) is 11.8 Å². The van der Waals surface area contributed by atoms with Gasteiger partial charge in [-0.15, -0.1) is 0 Å². The molecule has 1 saturated carbocycles. The second-order valence-electron chi connectivity index (χ2n) is 6.58. The molecular formula is C18H25N2O2-. The van der Waals surface area contributed by atoms with Crippen molar-refractivity contribution in [2.24, 2.45) is 16.8 Å². The first-order valence-electron chi connectivity index (χ1n) is 8.35. The summed E-state index contributed by atoms with van der Waals surface area (Å²) in [6.07, 6.45) is 6.19. The first kappa shape index (κ1) is 15.3. The fraction of sp³-hybridized carbons (Fsp3) is 0.611. The normalized spacial score (nSPS) is 26.0. The molecule has 1 aromatic carbocycles. The monoisotopic (exact) mass is 301 g/mol. The van der Waals surface area contributed by atoms with Crippen molar-refractivity contribution in [1.29, 1.82) is 0 Å². The highest BCUT2D eigenvalue weighted by Crippen LogP contribution is 2.41. The number of nitrogens with one attached hydrogen (secondary N) is 1. The topological polar surface area (TPSA) is 56.7 Å². The maximum atomic E-state index is 12.2. The highest BCUT2D eigenvalue weighted by Gasteiger charge is 2.31. The van der Waals surface area contributed by atoms with Gasteiger partial charge >= 0.3 is 0 Å². The van der Waals surface area contributed by atoms with E-state index in [2.05, 4.69) is 17.2 Å². The van der Waals surface area contributed by atoms with E-state index in [0.717, 1.165) is 47.5 Å². The SMILES string of the molecule is COc1ccc2c(c1)NC([O-])C(CCCCC[C@@H]1CC1C)=N2. The molecule has 4 nitrogen and oxygen atoms in total. The zero-order valence-corrected chi connectivity index (χ0v) is 13.5. The lowest BCUT2D eigenvalue weighted by Gasteiger charge is -2.31. The summed E-state index contributed by atoms with van der Waals surface area (Å²) < 4.78 is 5.18. The van der Waals surface area contributed by atoms with Crippen LogP contribution in [0.15, 0.2) is 23.2 Å². The number of nitrogens with zero attached hydrogens (tertiary/aromatic N) is 1. The molecule has 0 amide bonds. The third-order valence-electron chi connectivity index (χ3n) is 4.84. The van der Waals surface area contributed by atoms with Crippen LogP contribution in [0.3, 0.4) is 0 Å². The van der Waals surface area contributed by atoms with Crippen LogP contribution in [0.5, 0.6) is 5.75 Å². The van der Waals surface area contributed by atoms with Gasteiger partial charge in [0.05, 0.1) is 18.5 Å². The van der Waals surface area contributed by atoms with Gasteiger partial charge in [0.25, 0.3) is 0 Å². The van der Waals surface area contributed by atoms with Gasteiger partial charge in [-0.05, 0) is 49.5 Å². The van der Waals surface area contributed by atoms with Crippen LogP contribution in [0.1, 0.15) is 45.4 Å². The van der Waals surface area contributed by atoms with Crippen molar-refractivity contribution in [2.45, 2.75) is 51.7 Å². The van der Waals surface area contributed by atoms with Crippen LogP contribution >= 0.6 is 0 Å². The van der Waals surface area contributed by atoms with Crippen LogP contribution in [0.25, 0.3) is 0 Å². The van der Waals surface area contributed by atoms with Gasteiger partial charge in [0, 0.05) is 11.8 Å². The Bertz CT molecular complexity index is 556. The number of methoxy groups -OCH3 is 1. The van der Waals surface area contributed by atoms with Gasteiger partial charge in [0.1, 0.15) is 5.75 Å². The summed E-state index contributed by atoms with van der Waals surface area (Å²) in [5.41, 5.74) is 2.35. The van der Waals surface area contributed by atoms with Crippen molar-refractivity contribution in [3.8, 4) is 5.75 Å². The van der Waals surface area contributed by atoms with E-state index in [1.165, 1.54) is 25.7 Å². The van der Waals surface area contributed by atoms with Gasteiger partial charge in [-0.3, -0.25) is 4.99 Å². The molecule has 22 heavy (non-hydrogen) atoms. The van der Waals surface area contributed by atoms with Gasteiger partial charge in [-0.2, -0.15) is 0 Å². The van der Waals surface area contributed by atoms with Crippen LogP contribution in [-0.2, 0) is 0 Å². The molecule has 2 aliphatic rings. The van der Waals surface area contributed by atoms with E-state index < -0.39 is 6.23 Å². The number of rotatable bonds is 7. The fourth-order valence-corrected chi connectivity index (χ4v) is 3.17. The number of aliphatic imine (C=N–C) groups is 1. The standard InChI is InChI=1S/C18H25N2O2/c1-12-10-13(12)6-4-3-5-7-16-18(21)20-17-11-14(22-2)8-9-15(17)19-16/h8-9,11-13,18,20H,3-7,10H2,1-2H3/q-1/t12?,13-,18?/m1/s1. The average Bonchev–Trinajstić information content (AvgIpc) is 3.22. The minimum atomic E-state index is -0.928. The quantitative estimate of drug-likeness (QED) is 0.784. The molecule has 1 N–H and O–H groups in total. The zero-order valence-electron chi connectivity index (χ0n) is 13.5. The number of anilines is 1. The molecule has 1 aliphatic heterocycles.